The van der Waals surface area contributed by atoms with E-state index < -0.39 is 6.09 Å². The summed E-state index contributed by atoms with van der Waals surface area (Å²) in [7, 11) is 0. The van der Waals surface area contributed by atoms with Crippen LogP contribution < -0.4 is 4.90 Å². The van der Waals surface area contributed by atoms with Crippen LogP contribution in [0.1, 0.15) is 0 Å². The lowest BCUT2D eigenvalue weighted by atomic mass is 9.93. The second-order valence-electron chi connectivity index (χ2n) is 4.38. The Morgan fingerprint density at radius 1 is 1.44 bits per heavy atom. The summed E-state index contributed by atoms with van der Waals surface area (Å²) in [6.07, 6.45) is 2.78. The first-order valence-corrected chi connectivity index (χ1v) is 5.40. The molecule has 5 heteroatoms. The highest BCUT2D eigenvalue weighted by atomic mass is 16.4. The van der Waals surface area contributed by atoms with Crippen molar-refractivity contribution in [1.82, 2.24) is 9.88 Å². The smallest absolute Gasteiger partial charge is 0.407 e. The molecule has 2 aliphatic heterocycles. The molecule has 0 spiro atoms. The van der Waals surface area contributed by atoms with E-state index in [1.807, 2.05) is 18.3 Å². The Bertz CT molecular complexity index is 409. The lowest BCUT2D eigenvalue weighted by Crippen LogP contribution is -2.57. The summed E-state index contributed by atoms with van der Waals surface area (Å²) in [6.45, 7) is 2.42. The van der Waals surface area contributed by atoms with E-state index >= 15 is 0 Å². The maximum absolute atomic E-state index is 10.9. The maximum Gasteiger partial charge on any atom is 0.407 e. The summed E-state index contributed by atoms with van der Waals surface area (Å²) in [6, 6.07) is 4.10. The number of hydrogen-bond donors (Lipinski definition) is 1. The minimum atomic E-state index is -0.797. The predicted octanol–water partition coefficient (Wildman–Crippen LogP) is 0.880. The van der Waals surface area contributed by atoms with Crippen molar-refractivity contribution in [3.8, 4) is 0 Å². The molecule has 0 bridgehead atoms. The molecule has 0 saturated carbocycles. The van der Waals surface area contributed by atoms with Crippen molar-refractivity contribution in [3.63, 3.8) is 0 Å². The van der Waals surface area contributed by atoms with Crippen LogP contribution in [0.2, 0.25) is 0 Å². The van der Waals surface area contributed by atoms with Crippen LogP contribution in [-0.2, 0) is 0 Å². The SMILES string of the molecule is O=C(O)N1CC2CN(c3cccnc3)CC21. The number of rotatable bonds is 1. The van der Waals surface area contributed by atoms with Gasteiger partial charge in [-0.2, -0.15) is 0 Å². The van der Waals surface area contributed by atoms with Gasteiger partial charge in [-0.1, -0.05) is 0 Å². The lowest BCUT2D eigenvalue weighted by molar-refractivity contribution is 0.0507. The van der Waals surface area contributed by atoms with Gasteiger partial charge in [0.25, 0.3) is 0 Å². The van der Waals surface area contributed by atoms with Crippen molar-refractivity contribution >= 4 is 11.8 Å². The number of fused-ring (bicyclic) bond motifs is 1. The third kappa shape index (κ3) is 1.31. The zero-order valence-electron chi connectivity index (χ0n) is 8.78. The Kier molecular flexibility index (Phi) is 1.99. The van der Waals surface area contributed by atoms with Crippen molar-refractivity contribution in [2.24, 2.45) is 5.92 Å². The Morgan fingerprint density at radius 2 is 2.31 bits per heavy atom. The number of carbonyl (C=O) groups is 1. The average molecular weight is 219 g/mol. The van der Waals surface area contributed by atoms with Crippen LogP contribution >= 0.6 is 0 Å². The number of amides is 1. The highest BCUT2D eigenvalue weighted by Crippen LogP contribution is 2.34. The monoisotopic (exact) mass is 219 g/mol. The average Bonchev–Trinajstić information content (AvgIpc) is 2.58. The van der Waals surface area contributed by atoms with E-state index in [0.717, 1.165) is 18.8 Å². The van der Waals surface area contributed by atoms with E-state index in [-0.39, 0.29) is 6.04 Å². The number of pyridine rings is 1. The van der Waals surface area contributed by atoms with Gasteiger partial charge in [0.2, 0.25) is 0 Å². The third-order valence-electron chi connectivity index (χ3n) is 3.49. The van der Waals surface area contributed by atoms with E-state index in [1.54, 1.807) is 6.20 Å². The minimum Gasteiger partial charge on any atom is -0.465 e. The summed E-state index contributed by atoms with van der Waals surface area (Å²) in [5, 5.41) is 8.93. The summed E-state index contributed by atoms with van der Waals surface area (Å²) >= 11 is 0. The molecule has 0 radical (unpaired) electrons. The lowest BCUT2D eigenvalue weighted by Gasteiger charge is -2.40. The van der Waals surface area contributed by atoms with Crippen LogP contribution in [0.25, 0.3) is 0 Å². The Morgan fingerprint density at radius 3 is 3.00 bits per heavy atom. The van der Waals surface area contributed by atoms with Crippen molar-refractivity contribution in [1.29, 1.82) is 0 Å². The van der Waals surface area contributed by atoms with Crippen LogP contribution in [-0.4, -0.2) is 46.8 Å². The van der Waals surface area contributed by atoms with Gasteiger partial charge in [-0.05, 0) is 12.1 Å². The van der Waals surface area contributed by atoms with E-state index in [0.29, 0.717) is 12.5 Å². The van der Waals surface area contributed by atoms with E-state index in [1.165, 1.54) is 4.90 Å². The van der Waals surface area contributed by atoms with Gasteiger partial charge in [0.1, 0.15) is 0 Å². The molecule has 5 nitrogen and oxygen atoms in total. The molecule has 1 aromatic heterocycles. The molecule has 16 heavy (non-hydrogen) atoms. The first-order valence-electron chi connectivity index (χ1n) is 5.40. The topological polar surface area (TPSA) is 56.7 Å². The Hall–Kier alpha value is -1.78. The summed E-state index contributed by atoms with van der Waals surface area (Å²) < 4.78 is 0. The van der Waals surface area contributed by atoms with Crippen LogP contribution in [0.3, 0.4) is 0 Å². The normalized spacial score (nSPS) is 27.5. The van der Waals surface area contributed by atoms with Crippen LogP contribution in [0.4, 0.5) is 10.5 Å². The minimum absolute atomic E-state index is 0.178. The zero-order valence-corrected chi connectivity index (χ0v) is 8.78. The number of anilines is 1. The Labute approximate surface area is 93.3 Å². The molecule has 3 rings (SSSR count). The molecule has 0 aliphatic carbocycles. The van der Waals surface area contributed by atoms with Gasteiger partial charge < -0.3 is 14.9 Å². The number of likely N-dealkylation sites (tertiary alicyclic amines) is 1. The second-order valence-corrected chi connectivity index (χ2v) is 4.38. The first kappa shape index (κ1) is 9.45. The molecule has 84 valence electrons. The van der Waals surface area contributed by atoms with Crippen molar-refractivity contribution < 1.29 is 9.90 Å². The number of hydrogen-bond acceptors (Lipinski definition) is 3. The van der Waals surface area contributed by atoms with E-state index in [2.05, 4.69) is 9.88 Å². The zero-order chi connectivity index (χ0) is 11.1. The fraction of sp³-hybridized carbons (Fsp3) is 0.455. The van der Waals surface area contributed by atoms with Gasteiger partial charge in [0.15, 0.2) is 0 Å². The van der Waals surface area contributed by atoms with Gasteiger partial charge in [-0.15, -0.1) is 0 Å². The second kappa shape index (κ2) is 3.37. The highest BCUT2D eigenvalue weighted by molar-refractivity contribution is 5.67. The number of nitrogens with zero attached hydrogens (tertiary/aromatic N) is 3. The van der Waals surface area contributed by atoms with E-state index in [9.17, 15) is 4.79 Å². The largest absolute Gasteiger partial charge is 0.465 e. The number of aromatic nitrogens is 1. The van der Waals surface area contributed by atoms with Crippen molar-refractivity contribution in [3.05, 3.63) is 24.5 Å². The molecule has 1 amide bonds. The molecule has 1 aromatic rings. The van der Waals surface area contributed by atoms with Crippen LogP contribution in [0.15, 0.2) is 24.5 Å². The highest BCUT2D eigenvalue weighted by Gasteiger charge is 2.47. The maximum atomic E-state index is 10.9. The first-order chi connectivity index (χ1) is 7.75. The van der Waals surface area contributed by atoms with Gasteiger partial charge in [0.05, 0.1) is 17.9 Å². The summed E-state index contributed by atoms with van der Waals surface area (Å²) in [4.78, 5) is 18.7. The van der Waals surface area contributed by atoms with E-state index in [4.69, 9.17) is 5.11 Å². The van der Waals surface area contributed by atoms with Gasteiger partial charge >= 0.3 is 6.09 Å². The van der Waals surface area contributed by atoms with Crippen LogP contribution in [0.5, 0.6) is 0 Å². The molecule has 2 unspecified atom stereocenters. The predicted molar refractivity (Wildman–Crippen MR) is 58.5 cm³/mol. The fourth-order valence-corrected chi connectivity index (χ4v) is 2.61. The van der Waals surface area contributed by atoms with Gasteiger partial charge in [-0.3, -0.25) is 4.98 Å². The molecule has 2 fully saturated rings. The summed E-state index contributed by atoms with van der Waals surface area (Å²) in [5.41, 5.74) is 1.09. The number of carboxylic acid groups (broad SMARTS) is 1. The quantitative estimate of drug-likeness (QED) is 0.761. The molecule has 0 aromatic carbocycles. The molecule has 3 heterocycles. The van der Waals surface area contributed by atoms with Crippen molar-refractivity contribution in [2.45, 2.75) is 6.04 Å². The molecule has 2 aliphatic rings. The van der Waals surface area contributed by atoms with Gasteiger partial charge in [0, 0.05) is 31.7 Å². The fourth-order valence-electron chi connectivity index (χ4n) is 2.61. The molecule has 1 N–H and O–H groups in total. The summed E-state index contributed by atoms with van der Waals surface area (Å²) in [5.74, 6) is 0.497. The Balaban J connectivity index is 1.73. The van der Waals surface area contributed by atoms with Gasteiger partial charge in [-0.25, -0.2) is 4.79 Å². The molecular formula is C11H13N3O2. The molecular weight excluding hydrogens is 206 g/mol. The molecule has 2 saturated heterocycles. The van der Waals surface area contributed by atoms with Crippen LogP contribution in [0, 0.1) is 5.92 Å². The standard InChI is InChI=1S/C11H13N3O2/c15-11(16)14-6-8-5-13(7-10(8)14)9-2-1-3-12-4-9/h1-4,8,10H,5-7H2,(H,15,16). The third-order valence-corrected chi connectivity index (χ3v) is 3.49. The van der Waals surface area contributed by atoms with Crippen molar-refractivity contribution in [2.75, 3.05) is 24.5 Å². The molecule has 2 atom stereocenters.